The van der Waals surface area contributed by atoms with Crippen molar-refractivity contribution in [1.82, 2.24) is 15.1 Å². The second-order valence-corrected chi connectivity index (χ2v) is 9.47. The van der Waals surface area contributed by atoms with Gasteiger partial charge in [-0.25, -0.2) is 4.79 Å². The molecule has 26 heavy (non-hydrogen) atoms. The highest BCUT2D eigenvalue weighted by Gasteiger charge is 2.54. The van der Waals surface area contributed by atoms with E-state index < -0.39 is 0 Å². The van der Waals surface area contributed by atoms with Crippen LogP contribution in [0.3, 0.4) is 0 Å². The molecule has 0 aromatic rings. The molecule has 148 valence electrons. The Bertz CT molecular complexity index is 502. The summed E-state index contributed by atoms with van der Waals surface area (Å²) in [6.07, 6.45) is 5.32. The molecule has 3 aliphatic rings. The van der Waals surface area contributed by atoms with Gasteiger partial charge in [-0.1, -0.05) is 0 Å². The molecule has 0 radical (unpaired) electrons. The van der Waals surface area contributed by atoms with Gasteiger partial charge in [0.2, 0.25) is 0 Å². The molecule has 2 saturated heterocycles. The molecule has 3 fully saturated rings. The van der Waals surface area contributed by atoms with E-state index in [0.717, 1.165) is 32.4 Å². The fourth-order valence-corrected chi connectivity index (χ4v) is 4.43. The van der Waals surface area contributed by atoms with Crippen LogP contribution in [0, 0.1) is 0 Å². The minimum Gasteiger partial charge on any atom is -0.403 e. The predicted molar refractivity (Wildman–Crippen MR) is 104 cm³/mol. The van der Waals surface area contributed by atoms with Gasteiger partial charge in [-0.15, -0.1) is 0 Å². The normalized spacial score (nSPS) is 31.7. The van der Waals surface area contributed by atoms with Crippen LogP contribution in [-0.2, 0) is 9.31 Å². The third-order valence-corrected chi connectivity index (χ3v) is 6.93. The number of carbonyl (C=O) groups is 1. The minimum absolute atomic E-state index is 0.0936. The van der Waals surface area contributed by atoms with Crippen molar-refractivity contribution in [2.24, 2.45) is 0 Å². The highest BCUT2D eigenvalue weighted by Crippen LogP contribution is 2.42. The molecule has 2 atom stereocenters. The van der Waals surface area contributed by atoms with Gasteiger partial charge in [0.05, 0.1) is 11.2 Å². The zero-order valence-electron chi connectivity index (χ0n) is 17.4. The van der Waals surface area contributed by atoms with Crippen LogP contribution < -0.4 is 5.32 Å². The van der Waals surface area contributed by atoms with Crippen molar-refractivity contribution in [3.05, 3.63) is 0 Å². The Labute approximate surface area is 159 Å². The van der Waals surface area contributed by atoms with E-state index in [0.29, 0.717) is 11.9 Å². The Morgan fingerprint density at radius 1 is 1.04 bits per heavy atom. The molecule has 1 N–H and O–H groups in total. The highest BCUT2D eigenvalue weighted by atomic mass is 16.7. The minimum atomic E-state index is -0.282. The SMILES string of the molecule is CN(C)C1CCCC1NC(=O)N1CCC(B2OC(C)(C)C(C)(C)O2)CC1. The molecule has 1 aliphatic carbocycles. The fourth-order valence-electron chi connectivity index (χ4n) is 4.43. The summed E-state index contributed by atoms with van der Waals surface area (Å²) in [5, 5.41) is 3.27. The van der Waals surface area contributed by atoms with Crippen LogP contribution in [0.5, 0.6) is 0 Å². The van der Waals surface area contributed by atoms with Gasteiger partial charge in [-0.3, -0.25) is 0 Å². The summed E-state index contributed by atoms with van der Waals surface area (Å²) in [5.74, 6) is 0.362. The molecule has 3 rings (SSSR count). The Hall–Kier alpha value is -0.785. The zero-order chi connectivity index (χ0) is 19.1. The maximum absolute atomic E-state index is 12.7. The van der Waals surface area contributed by atoms with Crippen LogP contribution in [0.25, 0.3) is 0 Å². The van der Waals surface area contributed by atoms with Crippen LogP contribution in [0.15, 0.2) is 0 Å². The topological polar surface area (TPSA) is 54.0 Å². The monoisotopic (exact) mass is 365 g/mol. The molecule has 0 aromatic carbocycles. The first kappa shape index (κ1) is 20.0. The Kier molecular flexibility index (Phi) is 5.62. The number of hydrogen-bond acceptors (Lipinski definition) is 4. The number of likely N-dealkylation sites (tertiary alicyclic amines) is 1. The molecular weight excluding hydrogens is 329 g/mol. The molecule has 0 spiro atoms. The van der Waals surface area contributed by atoms with Gasteiger partial charge in [-0.2, -0.15) is 0 Å². The van der Waals surface area contributed by atoms with Crippen molar-refractivity contribution in [1.29, 1.82) is 0 Å². The first-order valence-electron chi connectivity index (χ1n) is 10.2. The smallest absolute Gasteiger partial charge is 0.403 e. The summed E-state index contributed by atoms with van der Waals surface area (Å²) in [4.78, 5) is 16.9. The summed E-state index contributed by atoms with van der Waals surface area (Å²) in [6.45, 7) is 9.94. The maximum atomic E-state index is 12.7. The van der Waals surface area contributed by atoms with Gasteiger partial charge < -0.3 is 24.4 Å². The average molecular weight is 365 g/mol. The average Bonchev–Trinajstić information content (AvgIpc) is 3.10. The quantitative estimate of drug-likeness (QED) is 0.782. The third-order valence-electron chi connectivity index (χ3n) is 6.93. The lowest BCUT2D eigenvalue weighted by atomic mass is 9.67. The predicted octanol–water partition coefficient (Wildman–Crippen LogP) is 2.74. The number of urea groups is 1. The van der Waals surface area contributed by atoms with Gasteiger partial charge in [0, 0.05) is 25.2 Å². The molecule has 6 nitrogen and oxygen atoms in total. The summed E-state index contributed by atoms with van der Waals surface area (Å²) >= 11 is 0. The number of nitrogens with zero attached hydrogens (tertiary/aromatic N) is 2. The molecule has 2 heterocycles. The van der Waals surface area contributed by atoms with Crippen molar-refractivity contribution in [3.63, 3.8) is 0 Å². The zero-order valence-corrected chi connectivity index (χ0v) is 17.4. The number of nitrogens with one attached hydrogen (secondary N) is 1. The van der Waals surface area contributed by atoms with Crippen LogP contribution in [-0.4, -0.2) is 73.4 Å². The maximum Gasteiger partial charge on any atom is 0.461 e. The Morgan fingerprint density at radius 3 is 2.15 bits per heavy atom. The van der Waals surface area contributed by atoms with Gasteiger partial charge in [0.25, 0.3) is 0 Å². The molecule has 2 unspecified atom stereocenters. The second kappa shape index (κ2) is 7.32. The van der Waals surface area contributed by atoms with Crippen molar-refractivity contribution >= 4 is 13.1 Å². The first-order chi connectivity index (χ1) is 12.1. The van der Waals surface area contributed by atoms with E-state index in [9.17, 15) is 4.79 Å². The van der Waals surface area contributed by atoms with Crippen LogP contribution in [0.2, 0.25) is 5.82 Å². The summed E-state index contributed by atoms with van der Waals surface area (Å²) in [5.41, 5.74) is -0.564. The van der Waals surface area contributed by atoms with E-state index in [1.54, 1.807) is 0 Å². The number of carbonyl (C=O) groups excluding carboxylic acids is 1. The van der Waals surface area contributed by atoms with E-state index in [2.05, 4.69) is 52.0 Å². The van der Waals surface area contributed by atoms with Crippen LogP contribution in [0.1, 0.15) is 59.8 Å². The van der Waals surface area contributed by atoms with Crippen LogP contribution in [0.4, 0.5) is 4.79 Å². The van der Waals surface area contributed by atoms with E-state index in [4.69, 9.17) is 9.31 Å². The number of piperidine rings is 1. The largest absolute Gasteiger partial charge is 0.461 e. The Morgan fingerprint density at radius 2 is 1.62 bits per heavy atom. The van der Waals surface area contributed by atoms with Crippen molar-refractivity contribution < 1.29 is 14.1 Å². The molecule has 7 heteroatoms. The van der Waals surface area contributed by atoms with Gasteiger partial charge in [-0.05, 0) is 79.7 Å². The summed E-state index contributed by atoms with van der Waals surface area (Å²) in [7, 11) is 4.05. The lowest BCUT2D eigenvalue weighted by molar-refractivity contribution is 0.00578. The second-order valence-electron chi connectivity index (χ2n) is 9.47. The van der Waals surface area contributed by atoms with Crippen molar-refractivity contribution in [3.8, 4) is 0 Å². The fraction of sp³-hybridized carbons (Fsp3) is 0.947. The van der Waals surface area contributed by atoms with E-state index in [-0.39, 0.29) is 30.4 Å². The third kappa shape index (κ3) is 3.90. The van der Waals surface area contributed by atoms with Gasteiger partial charge >= 0.3 is 13.1 Å². The molecule has 2 aliphatic heterocycles. The molecule has 0 aromatic heterocycles. The molecular formula is C19H36BN3O3. The van der Waals surface area contributed by atoms with E-state index in [1.807, 2.05) is 4.90 Å². The highest BCUT2D eigenvalue weighted by molar-refractivity contribution is 6.47. The number of rotatable bonds is 3. The summed E-state index contributed by atoms with van der Waals surface area (Å²) in [6, 6.07) is 0.829. The lowest BCUT2D eigenvalue weighted by Gasteiger charge is -2.35. The lowest BCUT2D eigenvalue weighted by Crippen LogP contribution is -2.52. The van der Waals surface area contributed by atoms with E-state index in [1.165, 1.54) is 12.8 Å². The van der Waals surface area contributed by atoms with Gasteiger partial charge in [0.1, 0.15) is 0 Å². The van der Waals surface area contributed by atoms with Gasteiger partial charge in [0.15, 0.2) is 0 Å². The standard InChI is InChI=1S/C19H36BN3O3/c1-18(2)19(3,4)26-20(25-18)14-10-12-23(13-11-14)17(24)21-15-8-7-9-16(15)22(5)6/h14-16H,7-13H2,1-6H3,(H,21,24). The first-order valence-corrected chi connectivity index (χ1v) is 10.2. The van der Waals surface area contributed by atoms with Crippen molar-refractivity contribution in [2.45, 2.75) is 88.9 Å². The number of hydrogen-bond donors (Lipinski definition) is 1. The molecule has 0 bridgehead atoms. The molecule has 2 amide bonds. The Balaban J connectivity index is 1.49. The number of amides is 2. The van der Waals surface area contributed by atoms with E-state index >= 15 is 0 Å². The van der Waals surface area contributed by atoms with Crippen LogP contribution >= 0.6 is 0 Å². The van der Waals surface area contributed by atoms with Crippen molar-refractivity contribution in [2.75, 3.05) is 27.2 Å². The molecule has 1 saturated carbocycles. The number of likely N-dealkylation sites (N-methyl/N-ethyl adjacent to an activating group) is 1. The summed E-state index contributed by atoms with van der Waals surface area (Å²) < 4.78 is 12.4.